The van der Waals surface area contributed by atoms with E-state index in [1.165, 1.54) is 16.7 Å². The highest BCUT2D eigenvalue weighted by Crippen LogP contribution is 2.34. The van der Waals surface area contributed by atoms with Gasteiger partial charge in [0.25, 0.3) is 5.56 Å². The van der Waals surface area contributed by atoms with Crippen LogP contribution in [0.4, 0.5) is 4.39 Å². The fraction of sp³-hybridized carbons (Fsp3) is 0.179. The summed E-state index contributed by atoms with van der Waals surface area (Å²) in [5.74, 6) is -1.04. The topological polar surface area (TPSA) is 70.4 Å². The SMILES string of the molecule is C=CCn1c(=O)c(C(=O)OCC)c(OCc2ccccc2)c2ncc(Cc3ccc(F)cc3)c(Br)c21. The highest BCUT2D eigenvalue weighted by molar-refractivity contribution is 9.10. The van der Waals surface area contributed by atoms with E-state index in [4.69, 9.17) is 9.47 Å². The molecule has 8 heteroatoms. The minimum Gasteiger partial charge on any atom is -0.485 e. The van der Waals surface area contributed by atoms with Crippen LogP contribution in [0.3, 0.4) is 0 Å². The lowest BCUT2D eigenvalue weighted by Gasteiger charge is -2.19. The van der Waals surface area contributed by atoms with Crippen molar-refractivity contribution >= 4 is 32.9 Å². The number of esters is 1. The fourth-order valence-corrected chi connectivity index (χ4v) is 4.53. The molecule has 0 atom stereocenters. The van der Waals surface area contributed by atoms with E-state index in [9.17, 15) is 14.0 Å². The largest absolute Gasteiger partial charge is 0.485 e. The van der Waals surface area contributed by atoms with Gasteiger partial charge in [-0.05, 0) is 51.7 Å². The molecule has 36 heavy (non-hydrogen) atoms. The third-order valence-electron chi connectivity index (χ3n) is 5.56. The second kappa shape index (κ2) is 11.3. The number of nitrogens with zero attached hydrogens (tertiary/aromatic N) is 2. The van der Waals surface area contributed by atoms with Gasteiger partial charge in [0, 0.05) is 23.6 Å². The molecule has 0 radical (unpaired) electrons. The van der Waals surface area contributed by atoms with Crippen LogP contribution in [0.2, 0.25) is 0 Å². The van der Waals surface area contributed by atoms with Crippen LogP contribution in [0, 0.1) is 5.82 Å². The molecule has 2 heterocycles. The Morgan fingerprint density at radius 2 is 1.86 bits per heavy atom. The number of hydrogen-bond acceptors (Lipinski definition) is 5. The fourth-order valence-electron chi connectivity index (χ4n) is 3.88. The molecule has 2 aromatic heterocycles. The molecule has 0 saturated carbocycles. The van der Waals surface area contributed by atoms with Crippen LogP contribution in [-0.4, -0.2) is 22.1 Å². The predicted molar refractivity (Wildman–Crippen MR) is 140 cm³/mol. The van der Waals surface area contributed by atoms with E-state index in [0.29, 0.717) is 21.9 Å². The second-order valence-corrected chi connectivity index (χ2v) is 8.79. The number of hydrogen-bond donors (Lipinski definition) is 0. The molecule has 0 bridgehead atoms. The van der Waals surface area contributed by atoms with Crippen molar-refractivity contribution in [3.8, 4) is 5.75 Å². The van der Waals surface area contributed by atoms with E-state index in [0.717, 1.165) is 16.7 Å². The van der Waals surface area contributed by atoms with Crippen molar-refractivity contribution in [2.45, 2.75) is 26.5 Å². The Hall–Kier alpha value is -3.78. The van der Waals surface area contributed by atoms with E-state index in [1.54, 1.807) is 31.3 Å². The number of aromatic nitrogens is 2. The van der Waals surface area contributed by atoms with Gasteiger partial charge in [0.15, 0.2) is 11.3 Å². The summed E-state index contributed by atoms with van der Waals surface area (Å²) in [4.78, 5) is 31.2. The number of ether oxygens (including phenoxy) is 2. The number of benzene rings is 2. The molecule has 0 unspecified atom stereocenters. The summed E-state index contributed by atoms with van der Waals surface area (Å²) < 4.78 is 26.7. The van der Waals surface area contributed by atoms with E-state index < -0.39 is 11.5 Å². The van der Waals surface area contributed by atoms with Crippen LogP contribution in [0.5, 0.6) is 5.75 Å². The summed E-state index contributed by atoms with van der Waals surface area (Å²) in [7, 11) is 0. The van der Waals surface area contributed by atoms with Crippen molar-refractivity contribution in [3.63, 3.8) is 0 Å². The van der Waals surface area contributed by atoms with Crippen LogP contribution in [0.15, 0.2) is 82.7 Å². The molecule has 6 nitrogen and oxygen atoms in total. The normalized spacial score (nSPS) is 10.9. The second-order valence-electron chi connectivity index (χ2n) is 8.00. The van der Waals surface area contributed by atoms with E-state index >= 15 is 0 Å². The summed E-state index contributed by atoms with van der Waals surface area (Å²) in [6, 6.07) is 15.6. The van der Waals surface area contributed by atoms with Crippen molar-refractivity contribution in [1.82, 2.24) is 9.55 Å². The molecule has 0 saturated heterocycles. The van der Waals surface area contributed by atoms with E-state index in [1.807, 2.05) is 30.3 Å². The highest BCUT2D eigenvalue weighted by atomic mass is 79.9. The zero-order chi connectivity index (χ0) is 25.7. The van der Waals surface area contributed by atoms with Gasteiger partial charge in [0.05, 0.1) is 12.1 Å². The average molecular weight is 551 g/mol. The van der Waals surface area contributed by atoms with Crippen molar-refractivity contribution in [3.05, 3.63) is 116 Å². The third kappa shape index (κ3) is 5.23. The lowest BCUT2D eigenvalue weighted by Crippen LogP contribution is -2.29. The van der Waals surface area contributed by atoms with Crippen molar-refractivity contribution in [2.75, 3.05) is 6.61 Å². The van der Waals surface area contributed by atoms with Crippen LogP contribution >= 0.6 is 15.9 Å². The molecule has 0 aliphatic heterocycles. The van der Waals surface area contributed by atoms with Crippen molar-refractivity contribution in [2.24, 2.45) is 0 Å². The van der Waals surface area contributed by atoms with Gasteiger partial charge in [0.1, 0.15) is 17.9 Å². The van der Waals surface area contributed by atoms with Gasteiger partial charge in [-0.3, -0.25) is 9.78 Å². The highest BCUT2D eigenvalue weighted by Gasteiger charge is 2.27. The maximum absolute atomic E-state index is 13.6. The van der Waals surface area contributed by atoms with Crippen LogP contribution in [0.25, 0.3) is 11.0 Å². The van der Waals surface area contributed by atoms with Gasteiger partial charge in [-0.1, -0.05) is 48.5 Å². The number of carbonyl (C=O) groups is 1. The number of pyridine rings is 2. The van der Waals surface area contributed by atoms with Gasteiger partial charge < -0.3 is 14.0 Å². The molecule has 4 rings (SSSR count). The summed E-state index contributed by atoms with van der Waals surface area (Å²) in [6.45, 7) is 5.80. The Labute approximate surface area is 216 Å². The lowest BCUT2D eigenvalue weighted by atomic mass is 10.1. The standard InChI is InChI=1S/C28H24BrFN2O4/c1-3-14-32-25-23(29)20(15-18-10-12-21(30)13-11-18)16-31-24(25)26(22(27(32)33)28(34)35-4-2)36-17-19-8-6-5-7-9-19/h3,5-13,16H,1,4,14-15,17H2,2H3. The molecule has 0 N–H and O–H groups in total. The Morgan fingerprint density at radius 1 is 1.14 bits per heavy atom. The Balaban J connectivity index is 1.92. The Bertz CT molecular complexity index is 1470. The van der Waals surface area contributed by atoms with Crippen LogP contribution in [0.1, 0.15) is 34.0 Å². The number of fused-ring (bicyclic) bond motifs is 1. The van der Waals surface area contributed by atoms with Crippen molar-refractivity contribution < 1.29 is 18.7 Å². The molecule has 0 amide bonds. The first-order valence-electron chi connectivity index (χ1n) is 11.4. The number of carbonyl (C=O) groups excluding carboxylic acids is 1. The lowest BCUT2D eigenvalue weighted by molar-refractivity contribution is 0.0518. The molecular weight excluding hydrogens is 527 g/mol. The molecule has 2 aromatic carbocycles. The van der Waals surface area contributed by atoms with E-state index in [2.05, 4.69) is 27.5 Å². The Morgan fingerprint density at radius 3 is 2.53 bits per heavy atom. The molecule has 0 aliphatic rings. The number of allylic oxidation sites excluding steroid dienone is 1. The Kier molecular flexibility index (Phi) is 7.95. The quantitative estimate of drug-likeness (QED) is 0.193. The minimum atomic E-state index is -0.779. The molecule has 184 valence electrons. The first-order chi connectivity index (χ1) is 17.4. The summed E-state index contributed by atoms with van der Waals surface area (Å²) in [5, 5.41) is 0. The number of halogens is 2. The van der Waals surface area contributed by atoms with Gasteiger partial charge in [-0.15, -0.1) is 6.58 Å². The maximum atomic E-state index is 13.6. The molecular formula is C28H24BrFN2O4. The maximum Gasteiger partial charge on any atom is 0.347 e. The minimum absolute atomic E-state index is 0.0617. The monoisotopic (exact) mass is 550 g/mol. The molecule has 0 aliphatic carbocycles. The smallest absolute Gasteiger partial charge is 0.347 e. The molecule has 4 aromatic rings. The third-order valence-corrected chi connectivity index (χ3v) is 6.44. The van der Waals surface area contributed by atoms with Crippen LogP contribution < -0.4 is 10.3 Å². The van der Waals surface area contributed by atoms with Gasteiger partial charge >= 0.3 is 5.97 Å². The van der Waals surface area contributed by atoms with Gasteiger partial charge in [-0.25, -0.2) is 9.18 Å². The summed E-state index contributed by atoms with van der Waals surface area (Å²) >= 11 is 3.65. The van der Waals surface area contributed by atoms with Gasteiger partial charge in [0.2, 0.25) is 0 Å². The van der Waals surface area contributed by atoms with Gasteiger partial charge in [-0.2, -0.15) is 0 Å². The molecule has 0 spiro atoms. The molecule has 0 fully saturated rings. The summed E-state index contributed by atoms with van der Waals surface area (Å²) in [6.07, 6.45) is 3.67. The predicted octanol–water partition coefficient (Wildman–Crippen LogP) is 5.83. The first-order valence-corrected chi connectivity index (χ1v) is 12.2. The van der Waals surface area contributed by atoms with Crippen LogP contribution in [-0.2, 0) is 24.3 Å². The zero-order valence-corrected chi connectivity index (χ0v) is 21.3. The number of rotatable bonds is 9. The average Bonchev–Trinajstić information content (AvgIpc) is 2.88. The van der Waals surface area contributed by atoms with E-state index in [-0.39, 0.29) is 36.9 Å². The summed E-state index contributed by atoms with van der Waals surface area (Å²) in [5.41, 5.74) is 2.55. The van der Waals surface area contributed by atoms with Crippen molar-refractivity contribution in [1.29, 1.82) is 0 Å². The first kappa shape index (κ1) is 25.3. The zero-order valence-electron chi connectivity index (χ0n) is 19.7.